The summed E-state index contributed by atoms with van der Waals surface area (Å²) in [4.78, 5) is 17.5. The minimum absolute atomic E-state index is 0.0438. The van der Waals surface area contributed by atoms with Crippen LogP contribution >= 0.6 is 0 Å². The second-order valence-electron chi connectivity index (χ2n) is 7.06. The van der Waals surface area contributed by atoms with Crippen molar-refractivity contribution in [2.24, 2.45) is 12.2 Å². The number of imidazole rings is 1. The van der Waals surface area contributed by atoms with E-state index in [1.807, 2.05) is 19.9 Å². The summed E-state index contributed by atoms with van der Waals surface area (Å²) in [6.07, 6.45) is 1.72. The Labute approximate surface area is 162 Å². The maximum Gasteiger partial charge on any atom is 0.329 e. The van der Waals surface area contributed by atoms with Crippen molar-refractivity contribution in [1.29, 1.82) is 0 Å². The van der Waals surface area contributed by atoms with Crippen LogP contribution in [0.3, 0.4) is 0 Å². The van der Waals surface area contributed by atoms with Gasteiger partial charge >= 0.3 is 5.69 Å². The third-order valence-electron chi connectivity index (χ3n) is 5.18. The molecule has 0 fully saturated rings. The maximum atomic E-state index is 12.9. The van der Waals surface area contributed by atoms with Crippen LogP contribution in [0.25, 0.3) is 21.9 Å². The van der Waals surface area contributed by atoms with E-state index in [1.165, 1.54) is 12.1 Å². The molecule has 0 saturated carbocycles. The molecule has 28 heavy (non-hydrogen) atoms. The SMILES string of the molecule is Cc1cc2ncc3c(c2cc1C)n(Cc1ccc(S(N)(=O)=O)cc1)c(=O)n3C. The van der Waals surface area contributed by atoms with Crippen LogP contribution in [-0.4, -0.2) is 22.5 Å². The highest BCUT2D eigenvalue weighted by molar-refractivity contribution is 7.89. The number of hydrogen-bond donors (Lipinski definition) is 1. The van der Waals surface area contributed by atoms with E-state index in [0.717, 1.165) is 38.6 Å². The van der Waals surface area contributed by atoms with Crippen LogP contribution < -0.4 is 10.8 Å². The lowest BCUT2D eigenvalue weighted by atomic mass is 10.1. The quantitative estimate of drug-likeness (QED) is 0.574. The molecule has 4 rings (SSSR count). The van der Waals surface area contributed by atoms with Crippen LogP contribution in [0.5, 0.6) is 0 Å². The molecule has 0 spiro atoms. The molecular weight excluding hydrogens is 376 g/mol. The van der Waals surface area contributed by atoms with Crippen LogP contribution in [0, 0.1) is 13.8 Å². The molecule has 7 nitrogen and oxygen atoms in total. The Morgan fingerprint density at radius 2 is 1.71 bits per heavy atom. The molecule has 0 bridgehead atoms. The molecule has 0 saturated heterocycles. The predicted octanol–water partition coefficient (Wildman–Crippen LogP) is 2.20. The highest BCUT2D eigenvalue weighted by Crippen LogP contribution is 2.26. The second kappa shape index (κ2) is 6.29. The van der Waals surface area contributed by atoms with E-state index in [0.29, 0.717) is 6.54 Å². The van der Waals surface area contributed by atoms with Gasteiger partial charge in [0, 0.05) is 12.4 Å². The summed E-state index contributed by atoms with van der Waals surface area (Å²) in [7, 11) is -2.03. The Kier molecular flexibility index (Phi) is 4.13. The molecule has 0 radical (unpaired) electrons. The first-order valence-corrected chi connectivity index (χ1v) is 10.3. The van der Waals surface area contributed by atoms with Crippen molar-refractivity contribution >= 4 is 32.0 Å². The van der Waals surface area contributed by atoms with Crippen LogP contribution in [0.2, 0.25) is 0 Å². The summed E-state index contributed by atoms with van der Waals surface area (Å²) >= 11 is 0. The lowest BCUT2D eigenvalue weighted by molar-refractivity contribution is 0.597. The molecule has 8 heteroatoms. The number of primary sulfonamides is 1. The summed E-state index contributed by atoms with van der Waals surface area (Å²) in [5.74, 6) is 0. The highest BCUT2D eigenvalue weighted by Gasteiger charge is 2.16. The Bertz CT molecular complexity index is 1400. The number of aromatic nitrogens is 3. The van der Waals surface area contributed by atoms with Crippen LogP contribution in [0.15, 0.2) is 52.3 Å². The molecule has 2 aromatic carbocycles. The Hall–Kier alpha value is -2.97. The van der Waals surface area contributed by atoms with Gasteiger partial charge in [-0.2, -0.15) is 0 Å². The number of nitrogens with two attached hydrogens (primary N) is 1. The maximum absolute atomic E-state index is 12.9. The summed E-state index contributed by atoms with van der Waals surface area (Å²) in [6, 6.07) is 10.3. The van der Waals surface area contributed by atoms with Crippen molar-refractivity contribution in [3.8, 4) is 0 Å². The molecule has 2 heterocycles. The van der Waals surface area contributed by atoms with E-state index in [1.54, 1.807) is 34.5 Å². The monoisotopic (exact) mass is 396 g/mol. The first-order chi connectivity index (χ1) is 13.2. The molecule has 0 aliphatic heterocycles. The first-order valence-electron chi connectivity index (χ1n) is 8.74. The molecule has 4 aromatic rings. The topological polar surface area (TPSA) is 100.0 Å². The molecule has 0 unspecified atom stereocenters. The molecule has 0 amide bonds. The standard InChI is InChI=1S/C20H20N4O3S/c1-12-8-16-17(9-13(12)2)22-10-18-19(16)24(20(25)23(18)3)11-14-4-6-15(7-5-14)28(21,26)27/h4-10H,11H2,1-3H3,(H2,21,26,27). The van der Waals surface area contributed by atoms with Gasteiger partial charge in [-0.25, -0.2) is 18.4 Å². The zero-order valence-corrected chi connectivity index (χ0v) is 16.6. The van der Waals surface area contributed by atoms with Gasteiger partial charge in [-0.1, -0.05) is 12.1 Å². The van der Waals surface area contributed by atoms with E-state index >= 15 is 0 Å². The Balaban J connectivity index is 1.93. The average Bonchev–Trinajstić information content (AvgIpc) is 2.88. The van der Waals surface area contributed by atoms with Gasteiger partial charge in [0.25, 0.3) is 0 Å². The van der Waals surface area contributed by atoms with E-state index in [9.17, 15) is 13.2 Å². The van der Waals surface area contributed by atoms with Crippen molar-refractivity contribution in [2.75, 3.05) is 0 Å². The van der Waals surface area contributed by atoms with Crippen molar-refractivity contribution in [1.82, 2.24) is 14.1 Å². The summed E-state index contributed by atoms with van der Waals surface area (Å²) in [5.41, 5.74) is 5.32. The zero-order chi connectivity index (χ0) is 20.2. The summed E-state index contributed by atoms with van der Waals surface area (Å²) < 4.78 is 26.2. The van der Waals surface area contributed by atoms with E-state index in [4.69, 9.17) is 5.14 Å². The van der Waals surface area contributed by atoms with Gasteiger partial charge in [-0.3, -0.25) is 14.1 Å². The average molecular weight is 396 g/mol. The number of aryl methyl sites for hydroxylation is 3. The molecule has 0 aliphatic rings. The van der Waals surface area contributed by atoms with Gasteiger partial charge in [0.2, 0.25) is 10.0 Å². The van der Waals surface area contributed by atoms with Crippen molar-refractivity contribution in [3.63, 3.8) is 0 Å². The molecule has 144 valence electrons. The third-order valence-corrected chi connectivity index (χ3v) is 6.11. The Morgan fingerprint density at radius 1 is 1.07 bits per heavy atom. The predicted molar refractivity (Wildman–Crippen MR) is 109 cm³/mol. The van der Waals surface area contributed by atoms with Crippen LogP contribution in [0.1, 0.15) is 16.7 Å². The van der Waals surface area contributed by atoms with E-state index in [2.05, 4.69) is 11.1 Å². The lowest BCUT2D eigenvalue weighted by Crippen LogP contribution is -2.22. The third kappa shape index (κ3) is 2.90. The number of hydrogen-bond acceptors (Lipinski definition) is 4. The largest absolute Gasteiger partial charge is 0.329 e. The van der Waals surface area contributed by atoms with Gasteiger partial charge in [-0.15, -0.1) is 0 Å². The minimum Gasteiger partial charge on any atom is -0.293 e. The van der Waals surface area contributed by atoms with Gasteiger partial charge < -0.3 is 0 Å². The van der Waals surface area contributed by atoms with E-state index in [-0.39, 0.29) is 10.6 Å². The smallest absolute Gasteiger partial charge is 0.293 e. The lowest BCUT2D eigenvalue weighted by Gasteiger charge is -2.09. The fourth-order valence-electron chi connectivity index (χ4n) is 3.45. The number of nitrogens with zero attached hydrogens (tertiary/aromatic N) is 3. The van der Waals surface area contributed by atoms with E-state index < -0.39 is 10.0 Å². The zero-order valence-electron chi connectivity index (χ0n) is 15.8. The fraction of sp³-hybridized carbons (Fsp3) is 0.200. The molecule has 2 N–H and O–H groups in total. The molecule has 0 aliphatic carbocycles. The molecule has 2 aromatic heterocycles. The summed E-state index contributed by atoms with van der Waals surface area (Å²) in [5, 5.41) is 6.07. The Morgan fingerprint density at radius 3 is 2.36 bits per heavy atom. The number of benzene rings is 2. The number of fused-ring (bicyclic) bond motifs is 3. The van der Waals surface area contributed by atoms with Gasteiger partial charge in [0.1, 0.15) is 0 Å². The molecular formula is C20H20N4O3S. The molecule has 0 atom stereocenters. The fourth-order valence-corrected chi connectivity index (χ4v) is 3.97. The van der Waals surface area contributed by atoms with Gasteiger partial charge in [-0.05, 0) is 54.8 Å². The van der Waals surface area contributed by atoms with Gasteiger partial charge in [0.05, 0.1) is 34.2 Å². The highest BCUT2D eigenvalue weighted by atomic mass is 32.2. The van der Waals surface area contributed by atoms with Crippen molar-refractivity contribution in [3.05, 3.63) is 69.8 Å². The van der Waals surface area contributed by atoms with Crippen LogP contribution in [-0.2, 0) is 23.6 Å². The number of sulfonamides is 1. The summed E-state index contributed by atoms with van der Waals surface area (Å²) in [6.45, 7) is 4.38. The van der Waals surface area contributed by atoms with Crippen molar-refractivity contribution in [2.45, 2.75) is 25.3 Å². The number of pyridine rings is 1. The number of rotatable bonds is 3. The normalized spacial score (nSPS) is 12.1. The minimum atomic E-state index is -3.75. The second-order valence-corrected chi connectivity index (χ2v) is 8.62. The van der Waals surface area contributed by atoms with Gasteiger partial charge in [0.15, 0.2) is 0 Å². The van der Waals surface area contributed by atoms with Crippen molar-refractivity contribution < 1.29 is 8.42 Å². The first kappa shape index (κ1) is 18.4. The van der Waals surface area contributed by atoms with Crippen LogP contribution in [0.4, 0.5) is 0 Å².